The maximum absolute atomic E-state index is 10.1. The molecule has 0 amide bonds. The van der Waals surface area contributed by atoms with Crippen LogP contribution in [0.2, 0.25) is 0 Å². The molecule has 2 aromatic carbocycles. The van der Waals surface area contributed by atoms with Crippen molar-refractivity contribution in [3.8, 4) is 0 Å². The van der Waals surface area contributed by atoms with Gasteiger partial charge in [-0.25, -0.2) is 0 Å². The third-order valence-corrected chi connectivity index (χ3v) is 4.04. The summed E-state index contributed by atoms with van der Waals surface area (Å²) in [4.78, 5) is 0. The molecule has 0 unspecified atom stereocenters. The number of benzene rings is 2. The first-order valence-corrected chi connectivity index (χ1v) is 8.26. The van der Waals surface area contributed by atoms with Gasteiger partial charge in [0, 0.05) is 0 Å². The van der Waals surface area contributed by atoms with Crippen molar-refractivity contribution < 1.29 is 25.5 Å². The predicted molar refractivity (Wildman–Crippen MR) is 102 cm³/mol. The SMILES string of the molecule is Cc1ccc(C=C(O)[C@@H](O)[C@H](O)[C@@H](O)C(O)=Cc2ccc(C)cc2)cc1. The van der Waals surface area contributed by atoms with E-state index >= 15 is 0 Å². The first kappa shape index (κ1) is 19.7. The van der Waals surface area contributed by atoms with Gasteiger partial charge >= 0.3 is 0 Å². The number of hydrogen-bond acceptors (Lipinski definition) is 5. The molecule has 0 aliphatic rings. The molecule has 0 fully saturated rings. The lowest BCUT2D eigenvalue weighted by molar-refractivity contribution is -0.0540. The predicted octanol–water partition coefficient (Wildman–Crippen LogP) is 2.88. The summed E-state index contributed by atoms with van der Waals surface area (Å²) in [5.74, 6) is -1.02. The van der Waals surface area contributed by atoms with Crippen LogP contribution in [0.25, 0.3) is 12.2 Å². The summed E-state index contributed by atoms with van der Waals surface area (Å²) >= 11 is 0. The van der Waals surface area contributed by atoms with Gasteiger partial charge in [0.25, 0.3) is 0 Å². The zero-order chi connectivity index (χ0) is 19.3. The largest absolute Gasteiger partial charge is 0.509 e. The van der Waals surface area contributed by atoms with Gasteiger partial charge in [-0.05, 0) is 37.1 Å². The quantitative estimate of drug-likeness (QED) is 0.512. The van der Waals surface area contributed by atoms with E-state index in [1.807, 2.05) is 38.1 Å². The summed E-state index contributed by atoms with van der Waals surface area (Å²) in [7, 11) is 0. The monoisotopic (exact) mass is 356 g/mol. The van der Waals surface area contributed by atoms with Gasteiger partial charge in [0.2, 0.25) is 0 Å². The van der Waals surface area contributed by atoms with E-state index in [1.54, 1.807) is 24.3 Å². The molecule has 0 aliphatic heterocycles. The molecule has 26 heavy (non-hydrogen) atoms. The van der Waals surface area contributed by atoms with E-state index < -0.39 is 29.8 Å². The minimum atomic E-state index is -1.79. The molecule has 5 heteroatoms. The van der Waals surface area contributed by atoms with E-state index in [0.29, 0.717) is 11.1 Å². The Morgan fingerprint density at radius 2 is 0.962 bits per heavy atom. The Labute approximate surface area is 152 Å². The third kappa shape index (κ3) is 5.20. The maximum atomic E-state index is 10.1. The lowest BCUT2D eigenvalue weighted by Crippen LogP contribution is -2.39. The van der Waals surface area contributed by atoms with Gasteiger partial charge in [-0.2, -0.15) is 0 Å². The number of aliphatic hydroxyl groups is 5. The number of aryl methyl sites for hydroxylation is 2. The standard InChI is InChI=1S/C21H24O5/c1-13-3-7-15(8-4-13)11-17(22)19(24)21(26)20(25)18(23)12-16-9-5-14(2)6-10-16/h3-12,19-26H,1-2H3/t19-,20+,21+. The van der Waals surface area contributed by atoms with Crippen molar-refractivity contribution in [1.29, 1.82) is 0 Å². The number of rotatable bonds is 6. The molecule has 0 bridgehead atoms. The summed E-state index contributed by atoms with van der Waals surface area (Å²) in [6, 6.07) is 14.3. The smallest absolute Gasteiger partial charge is 0.140 e. The molecule has 0 heterocycles. The Hall–Kier alpha value is -2.60. The Balaban J connectivity index is 2.11. The zero-order valence-corrected chi connectivity index (χ0v) is 14.7. The summed E-state index contributed by atoms with van der Waals surface area (Å²) in [5.41, 5.74) is 3.36. The second kappa shape index (κ2) is 8.67. The van der Waals surface area contributed by atoms with E-state index in [2.05, 4.69) is 0 Å². The van der Waals surface area contributed by atoms with Crippen LogP contribution in [0, 0.1) is 13.8 Å². The van der Waals surface area contributed by atoms with Gasteiger partial charge in [-0.15, -0.1) is 0 Å². The van der Waals surface area contributed by atoms with E-state index in [9.17, 15) is 25.5 Å². The van der Waals surface area contributed by atoms with E-state index in [4.69, 9.17) is 0 Å². The fourth-order valence-corrected chi connectivity index (χ4v) is 2.36. The van der Waals surface area contributed by atoms with Gasteiger partial charge in [-0.3, -0.25) is 0 Å². The van der Waals surface area contributed by atoms with Crippen LogP contribution in [0.1, 0.15) is 22.3 Å². The Kier molecular flexibility index (Phi) is 6.58. The minimum Gasteiger partial charge on any atom is -0.509 e. The normalized spacial score (nSPS) is 16.2. The highest BCUT2D eigenvalue weighted by Crippen LogP contribution is 2.17. The molecule has 2 rings (SSSR count). The van der Waals surface area contributed by atoms with Gasteiger partial charge in [0.15, 0.2) is 0 Å². The lowest BCUT2D eigenvalue weighted by Gasteiger charge is -2.22. The van der Waals surface area contributed by atoms with E-state index in [-0.39, 0.29) is 0 Å². The minimum absolute atomic E-state index is 0.511. The van der Waals surface area contributed by atoms with Crippen LogP contribution in [0.15, 0.2) is 60.0 Å². The Morgan fingerprint density at radius 1 is 0.654 bits per heavy atom. The summed E-state index contributed by atoms with van der Waals surface area (Å²) < 4.78 is 0. The first-order chi connectivity index (χ1) is 12.3. The van der Waals surface area contributed by atoms with Crippen LogP contribution in [0.3, 0.4) is 0 Å². The molecule has 0 radical (unpaired) electrons. The van der Waals surface area contributed by atoms with E-state index in [1.165, 1.54) is 12.2 Å². The molecule has 3 atom stereocenters. The maximum Gasteiger partial charge on any atom is 0.140 e. The summed E-state index contributed by atoms with van der Waals surface area (Å²) in [6.07, 6.45) is -2.71. The molecule has 0 aliphatic carbocycles. The highest BCUT2D eigenvalue weighted by molar-refractivity contribution is 5.54. The third-order valence-electron chi connectivity index (χ3n) is 4.04. The summed E-state index contributed by atoms with van der Waals surface area (Å²) in [6.45, 7) is 3.84. The molecule has 0 saturated heterocycles. The molecule has 2 aromatic rings. The van der Waals surface area contributed by atoms with Gasteiger partial charge in [-0.1, -0.05) is 59.7 Å². The van der Waals surface area contributed by atoms with Crippen LogP contribution < -0.4 is 0 Å². The fourth-order valence-electron chi connectivity index (χ4n) is 2.36. The van der Waals surface area contributed by atoms with Crippen LogP contribution in [-0.2, 0) is 0 Å². The molecule has 0 spiro atoms. The van der Waals surface area contributed by atoms with Gasteiger partial charge in [0.05, 0.1) is 0 Å². The molecule has 5 N–H and O–H groups in total. The second-order valence-corrected chi connectivity index (χ2v) is 6.34. The van der Waals surface area contributed by atoms with Crippen LogP contribution in [0.5, 0.6) is 0 Å². The first-order valence-electron chi connectivity index (χ1n) is 8.26. The lowest BCUT2D eigenvalue weighted by atomic mass is 10.0. The van der Waals surface area contributed by atoms with Gasteiger partial charge in [0.1, 0.15) is 29.8 Å². The Morgan fingerprint density at radius 3 is 1.27 bits per heavy atom. The average Bonchev–Trinajstić information content (AvgIpc) is 2.63. The van der Waals surface area contributed by atoms with Crippen molar-refractivity contribution in [2.24, 2.45) is 0 Å². The van der Waals surface area contributed by atoms with Crippen molar-refractivity contribution in [2.45, 2.75) is 32.2 Å². The topological polar surface area (TPSA) is 101 Å². The average molecular weight is 356 g/mol. The zero-order valence-electron chi connectivity index (χ0n) is 14.7. The van der Waals surface area contributed by atoms with Crippen molar-refractivity contribution in [3.05, 3.63) is 82.3 Å². The van der Waals surface area contributed by atoms with Crippen molar-refractivity contribution in [3.63, 3.8) is 0 Å². The number of aliphatic hydroxyl groups excluding tert-OH is 5. The molecule has 0 aromatic heterocycles. The fraction of sp³-hybridized carbons (Fsp3) is 0.238. The highest BCUT2D eigenvalue weighted by atomic mass is 16.4. The van der Waals surface area contributed by atoms with Crippen molar-refractivity contribution in [1.82, 2.24) is 0 Å². The van der Waals surface area contributed by atoms with Crippen LogP contribution in [-0.4, -0.2) is 43.8 Å². The number of hydrogen-bond donors (Lipinski definition) is 5. The molecule has 5 nitrogen and oxygen atoms in total. The van der Waals surface area contributed by atoms with Crippen LogP contribution >= 0.6 is 0 Å². The van der Waals surface area contributed by atoms with Crippen molar-refractivity contribution in [2.75, 3.05) is 0 Å². The van der Waals surface area contributed by atoms with E-state index in [0.717, 1.165) is 11.1 Å². The van der Waals surface area contributed by atoms with Crippen LogP contribution in [0.4, 0.5) is 0 Å². The molecular formula is C21H24O5. The molecule has 0 saturated carbocycles. The van der Waals surface area contributed by atoms with Crippen molar-refractivity contribution >= 4 is 12.2 Å². The van der Waals surface area contributed by atoms with Gasteiger partial charge < -0.3 is 25.5 Å². The summed E-state index contributed by atoms with van der Waals surface area (Å²) in [5, 5.41) is 50.2. The molecule has 138 valence electrons. The second-order valence-electron chi connectivity index (χ2n) is 6.34. The highest BCUT2D eigenvalue weighted by Gasteiger charge is 2.30. The Bertz CT molecular complexity index is 708. The molecular weight excluding hydrogens is 332 g/mol.